The minimum absolute atomic E-state index is 0.192. The zero-order valence-corrected chi connectivity index (χ0v) is 5.09. The van der Waals surface area contributed by atoms with Crippen molar-refractivity contribution < 1.29 is 5.11 Å². The fraction of sp³-hybridized carbons (Fsp3) is 0. The summed E-state index contributed by atoms with van der Waals surface area (Å²) in [6.07, 6.45) is 0. The highest BCUT2D eigenvalue weighted by Gasteiger charge is 1.95. The van der Waals surface area contributed by atoms with E-state index in [2.05, 4.69) is 13.8 Å². The highest BCUT2D eigenvalue weighted by atomic mass is 16.3. The first kappa shape index (κ1) is 6.14. The van der Waals surface area contributed by atoms with Crippen LogP contribution in [0.2, 0.25) is 0 Å². The summed E-state index contributed by atoms with van der Waals surface area (Å²) in [5.41, 5.74) is 1.25. The SMILES string of the molecule is [CH2]c1cccc([CH2])c1O. The van der Waals surface area contributed by atoms with Gasteiger partial charge in [0.25, 0.3) is 0 Å². The van der Waals surface area contributed by atoms with Crippen molar-refractivity contribution in [3.05, 3.63) is 43.2 Å². The zero-order valence-electron chi connectivity index (χ0n) is 5.09. The van der Waals surface area contributed by atoms with Crippen LogP contribution in [0.5, 0.6) is 5.75 Å². The molecule has 0 saturated heterocycles. The van der Waals surface area contributed by atoms with E-state index in [4.69, 9.17) is 5.11 Å². The Hall–Kier alpha value is -0.980. The molecule has 2 radical (unpaired) electrons. The lowest BCUT2D eigenvalue weighted by Crippen LogP contribution is -1.76. The second kappa shape index (κ2) is 2.09. The van der Waals surface area contributed by atoms with Gasteiger partial charge in [-0.25, -0.2) is 0 Å². The third-order valence-electron chi connectivity index (χ3n) is 1.20. The smallest absolute Gasteiger partial charge is 0.121 e. The van der Waals surface area contributed by atoms with Gasteiger partial charge in [-0.1, -0.05) is 18.2 Å². The van der Waals surface area contributed by atoms with Crippen molar-refractivity contribution >= 4 is 0 Å². The molecule has 1 aromatic carbocycles. The Bertz CT molecular complexity index is 196. The van der Waals surface area contributed by atoms with E-state index in [0.29, 0.717) is 11.1 Å². The first-order valence-electron chi connectivity index (χ1n) is 2.67. The van der Waals surface area contributed by atoms with Crippen LogP contribution in [0.4, 0.5) is 0 Å². The maximum atomic E-state index is 9.08. The maximum absolute atomic E-state index is 9.08. The maximum Gasteiger partial charge on any atom is 0.121 e. The number of phenolic OH excluding ortho intramolecular Hbond substituents is 1. The molecule has 0 atom stereocenters. The Labute approximate surface area is 55.0 Å². The number of benzene rings is 1. The number of aromatic hydroxyl groups is 1. The summed E-state index contributed by atoms with van der Waals surface area (Å²) < 4.78 is 0. The molecular formula is C8H8O. The summed E-state index contributed by atoms with van der Waals surface area (Å²) in [4.78, 5) is 0. The van der Waals surface area contributed by atoms with E-state index >= 15 is 0 Å². The standard InChI is InChI=1S/C8H8O/c1-6-4-3-5-7(2)8(6)9/h3-5,9H,1-2H2. The van der Waals surface area contributed by atoms with Gasteiger partial charge >= 0.3 is 0 Å². The van der Waals surface area contributed by atoms with Gasteiger partial charge in [-0.3, -0.25) is 0 Å². The number of hydrogen-bond acceptors (Lipinski definition) is 1. The monoisotopic (exact) mass is 120 g/mol. The molecule has 0 aliphatic carbocycles. The Kier molecular flexibility index (Phi) is 1.43. The van der Waals surface area contributed by atoms with Crippen LogP contribution in [0, 0.1) is 13.8 Å². The van der Waals surface area contributed by atoms with Crippen LogP contribution in [0.25, 0.3) is 0 Å². The molecule has 0 spiro atoms. The van der Waals surface area contributed by atoms with Crippen molar-refractivity contribution in [2.24, 2.45) is 0 Å². The molecule has 1 rings (SSSR count). The van der Waals surface area contributed by atoms with Gasteiger partial charge in [-0.15, -0.1) is 0 Å². The number of rotatable bonds is 0. The second-order valence-corrected chi connectivity index (χ2v) is 1.92. The molecule has 9 heavy (non-hydrogen) atoms. The van der Waals surface area contributed by atoms with Crippen molar-refractivity contribution in [3.63, 3.8) is 0 Å². The minimum Gasteiger partial charge on any atom is -0.507 e. The fourth-order valence-electron chi connectivity index (χ4n) is 0.645. The van der Waals surface area contributed by atoms with Gasteiger partial charge in [-0.2, -0.15) is 0 Å². The number of para-hydroxylation sites is 1. The van der Waals surface area contributed by atoms with Gasteiger partial charge in [0.1, 0.15) is 5.75 Å². The van der Waals surface area contributed by atoms with E-state index in [1.165, 1.54) is 0 Å². The highest BCUT2D eigenvalue weighted by molar-refractivity contribution is 5.43. The molecule has 0 fully saturated rings. The second-order valence-electron chi connectivity index (χ2n) is 1.92. The van der Waals surface area contributed by atoms with Crippen molar-refractivity contribution in [1.82, 2.24) is 0 Å². The van der Waals surface area contributed by atoms with Crippen LogP contribution >= 0.6 is 0 Å². The predicted molar refractivity (Wildman–Crippen MR) is 37.0 cm³/mol. The molecule has 0 unspecified atom stereocenters. The van der Waals surface area contributed by atoms with Gasteiger partial charge in [0, 0.05) is 0 Å². The Morgan fingerprint density at radius 3 is 1.89 bits per heavy atom. The Balaban J connectivity index is 3.25. The van der Waals surface area contributed by atoms with Crippen LogP contribution in [-0.2, 0) is 0 Å². The molecule has 1 nitrogen and oxygen atoms in total. The fourth-order valence-corrected chi connectivity index (χ4v) is 0.645. The lowest BCUT2D eigenvalue weighted by atomic mass is 10.1. The Morgan fingerprint density at radius 1 is 1.11 bits per heavy atom. The molecule has 0 amide bonds. The minimum atomic E-state index is 0.192. The van der Waals surface area contributed by atoms with Gasteiger partial charge in [0.15, 0.2) is 0 Å². The van der Waals surface area contributed by atoms with Crippen molar-refractivity contribution in [1.29, 1.82) is 0 Å². The van der Waals surface area contributed by atoms with Crippen LogP contribution in [0.15, 0.2) is 18.2 Å². The molecule has 0 heterocycles. The van der Waals surface area contributed by atoms with Crippen LogP contribution < -0.4 is 0 Å². The molecule has 1 heteroatoms. The normalized spacial score (nSPS) is 9.56. The summed E-state index contributed by atoms with van der Waals surface area (Å²) in [6.45, 7) is 7.18. The van der Waals surface area contributed by atoms with Crippen molar-refractivity contribution in [3.8, 4) is 5.75 Å². The lowest BCUT2D eigenvalue weighted by molar-refractivity contribution is 0.470. The molecule has 0 saturated carbocycles. The van der Waals surface area contributed by atoms with E-state index in [9.17, 15) is 0 Å². The molecule has 0 aliphatic rings. The summed E-state index contributed by atoms with van der Waals surface area (Å²) in [6, 6.07) is 5.29. The van der Waals surface area contributed by atoms with Gasteiger partial charge in [-0.05, 0) is 25.0 Å². The van der Waals surface area contributed by atoms with E-state index in [0.717, 1.165) is 0 Å². The van der Waals surface area contributed by atoms with Gasteiger partial charge < -0.3 is 5.11 Å². The molecule has 0 aliphatic heterocycles. The average molecular weight is 120 g/mol. The zero-order chi connectivity index (χ0) is 6.85. The molecule has 0 aromatic heterocycles. The van der Waals surface area contributed by atoms with Crippen molar-refractivity contribution in [2.45, 2.75) is 0 Å². The Morgan fingerprint density at radius 2 is 1.56 bits per heavy atom. The summed E-state index contributed by atoms with van der Waals surface area (Å²) in [7, 11) is 0. The third-order valence-corrected chi connectivity index (χ3v) is 1.20. The number of phenols is 1. The average Bonchev–Trinajstić information content (AvgIpc) is 1.83. The van der Waals surface area contributed by atoms with E-state index in [1.54, 1.807) is 12.1 Å². The van der Waals surface area contributed by atoms with E-state index < -0.39 is 0 Å². The third kappa shape index (κ3) is 1.04. The summed E-state index contributed by atoms with van der Waals surface area (Å²) in [5, 5.41) is 9.08. The first-order valence-corrected chi connectivity index (χ1v) is 2.67. The van der Waals surface area contributed by atoms with Crippen LogP contribution in [-0.4, -0.2) is 5.11 Å². The molecule has 1 aromatic rings. The topological polar surface area (TPSA) is 20.2 Å². The summed E-state index contributed by atoms with van der Waals surface area (Å²) in [5.74, 6) is 0.192. The predicted octanol–water partition coefficient (Wildman–Crippen LogP) is 1.76. The van der Waals surface area contributed by atoms with E-state index in [-0.39, 0.29) is 5.75 Å². The molecule has 1 N–H and O–H groups in total. The largest absolute Gasteiger partial charge is 0.507 e. The quantitative estimate of drug-likeness (QED) is 0.553. The van der Waals surface area contributed by atoms with Crippen LogP contribution in [0.1, 0.15) is 11.1 Å². The first-order chi connectivity index (χ1) is 4.22. The van der Waals surface area contributed by atoms with Gasteiger partial charge in [0.05, 0.1) is 0 Å². The molecule has 46 valence electrons. The summed E-state index contributed by atoms with van der Waals surface area (Å²) >= 11 is 0. The lowest BCUT2D eigenvalue weighted by Gasteiger charge is -1.98. The molecular weight excluding hydrogens is 112 g/mol. The van der Waals surface area contributed by atoms with Crippen molar-refractivity contribution in [2.75, 3.05) is 0 Å². The van der Waals surface area contributed by atoms with Crippen LogP contribution in [0.3, 0.4) is 0 Å². The van der Waals surface area contributed by atoms with E-state index in [1.807, 2.05) is 6.07 Å². The van der Waals surface area contributed by atoms with Gasteiger partial charge in [0.2, 0.25) is 0 Å². The number of hydrogen-bond donors (Lipinski definition) is 1. The molecule has 0 bridgehead atoms. The highest BCUT2D eigenvalue weighted by Crippen LogP contribution is 2.19.